The van der Waals surface area contributed by atoms with Crippen LogP contribution in [0.15, 0.2) is 60.3 Å². The number of carbonyl (C=O) groups excluding carboxylic acids is 2. The maximum absolute atomic E-state index is 13.1. The van der Waals surface area contributed by atoms with Crippen molar-refractivity contribution in [3.8, 4) is 5.69 Å². The van der Waals surface area contributed by atoms with E-state index in [4.69, 9.17) is 0 Å². The Hall–Kier alpha value is -3.67. The number of urea groups is 1. The SMILES string of the molecule is Cc1ccc(-n2c(C)cc(/C=C3\NC(=O)N(Cc4ccc(F)cc4)C3=O)c2C)cc1. The molecule has 1 fully saturated rings. The molecule has 3 aromatic rings. The number of carbonyl (C=O) groups is 2. The number of hydrogen-bond donors (Lipinski definition) is 1. The third kappa shape index (κ3) is 3.64. The highest BCUT2D eigenvalue weighted by Crippen LogP contribution is 2.24. The Morgan fingerprint density at radius 3 is 2.30 bits per heavy atom. The van der Waals surface area contributed by atoms with Crippen LogP contribution < -0.4 is 5.32 Å². The second-order valence-corrected chi connectivity index (χ2v) is 7.50. The van der Waals surface area contributed by atoms with Crippen LogP contribution in [0.25, 0.3) is 11.8 Å². The smallest absolute Gasteiger partial charge is 0.318 e. The van der Waals surface area contributed by atoms with Gasteiger partial charge in [0.15, 0.2) is 0 Å². The van der Waals surface area contributed by atoms with Crippen molar-refractivity contribution >= 4 is 18.0 Å². The maximum Gasteiger partial charge on any atom is 0.329 e. The van der Waals surface area contributed by atoms with E-state index in [2.05, 4.69) is 34.1 Å². The Balaban J connectivity index is 1.61. The summed E-state index contributed by atoms with van der Waals surface area (Å²) in [5, 5.41) is 2.65. The second kappa shape index (κ2) is 7.63. The highest BCUT2D eigenvalue weighted by atomic mass is 19.1. The number of nitrogens with zero attached hydrogens (tertiary/aromatic N) is 2. The molecule has 4 rings (SSSR count). The number of nitrogens with one attached hydrogen (secondary N) is 1. The molecule has 0 saturated carbocycles. The number of hydrogen-bond acceptors (Lipinski definition) is 2. The highest BCUT2D eigenvalue weighted by molar-refractivity contribution is 6.13. The van der Waals surface area contributed by atoms with Gasteiger partial charge in [0.1, 0.15) is 11.5 Å². The molecule has 30 heavy (non-hydrogen) atoms. The van der Waals surface area contributed by atoms with Crippen molar-refractivity contribution in [2.45, 2.75) is 27.3 Å². The molecule has 1 N–H and O–H groups in total. The lowest BCUT2D eigenvalue weighted by Crippen LogP contribution is -2.30. The molecule has 1 aliphatic heterocycles. The summed E-state index contributed by atoms with van der Waals surface area (Å²) in [7, 11) is 0. The quantitative estimate of drug-likeness (QED) is 0.510. The standard InChI is InChI=1S/C24H22FN3O2/c1-15-4-10-21(11-5-15)28-16(2)12-19(17(28)3)13-22-23(29)27(24(30)26-22)14-18-6-8-20(25)9-7-18/h4-13H,14H2,1-3H3,(H,26,30)/b22-13-. The van der Waals surface area contributed by atoms with Crippen LogP contribution >= 0.6 is 0 Å². The van der Waals surface area contributed by atoms with E-state index in [-0.39, 0.29) is 18.1 Å². The number of imide groups is 1. The lowest BCUT2D eigenvalue weighted by molar-refractivity contribution is -0.123. The first kappa shape index (κ1) is 19.6. The summed E-state index contributed by atoms with van der Waals surface area (Å²) in [6.45, 7) is 6.12. The van der Waals surface area contributed by atoms with Crippen molar-refractivity contribution in [1.82, 2.24) is 14.8 Å². The van der Waals surface area contributed by atoms with Crippen LogP contribution in [0.1, 0.15) is 28.1 Å². The topological polar surface area (TPSA) is 54.3 Å². The van der Waals surface area contributed by atoms with E-state index in [0.717, 1.165) is 27.5 Å². The van der Waals surface area contributed by atoms with Crippen molar-refractivity contribution in [2.24, 2.45) is 0 Å². The van der Waals surface area contributed by atoms with E-state index in [1.54, 1.807) is 18.2 Å². The number of aryl methyl sites for hydroxylation is 2. The minimum Gasteiger partial charge on any atom is -0.318 e. The molecule has 1 aliphatic rings. The van der Waals surface area contributed by atoms with Gasteiger partial charge in [-0.25, -0.2) is 9.18 Å². The average Bonchev–Trinajstić information content (AvgIpc) is 3.14. The molecule has 0 spiro atoms. The summed E-state index contributed by atoms with van der Waals surface area (Å²) in [5.74, 6) is -0.759. The van der Waals surface area contributed by atoms with Gasteiger partial charge in [-0.1, -0.05) is 29.8 Å². The van der Waals surface area contributed by atoms with Crippen molar-refractivity contribution in [1.29, 1.82) is 0 Å². The van der Waals surface area contributed by atoms with Crippen molar-refractivity contribution in [3.05, 3.63) is 94.2 Å². The van der Waals surface area contributed by atoms with Crippen molar-refractivity contribution in [3.63, 3.8) is 0 Å². The Labute approximate surface area is 174 Å². The van der Waals surface area contributed by atoms with Gasteiger partial charge in [0.2, 0.25) is 0 Å². The van der Waals surface area contributed by atoms with E-state index in [0.29, 0.717) is 5.56 Å². The molecule has 0 atom stereocenters. The molecule has 2 heterocycles. The highest BCUT2D eigenvalue weighted by Gasteiger charge is 2.33. The molecular weight excluding hydrogens is 381 g/mol. The Morgan fingerprint density at radius 1 is 0.967 bits per heavy atom. The van der Waals surface area contributed by atoms with Gasteiger partial charge in [0.25, 0.3) is 5.91 Å². The molecule has 0 aliphatic carbocycles. The number of aromatic nitrogens is 1. The Bertz CT molecular complexity index is 1160. The maximum atomic E-state index is 13.1. The molecule has 2 aromatic carbocycles. The van der Waals surface area contributed by atoms with Crippen LogP contribution in [0.2, 0.25) is 0 Å². The van der Waals surface area contributed by atoms with Gasteiger partial charge >= 0.3 is 6.03 Å². The minimum atomic E-state index is -0.483. The van der Waals surface area contributed by atoms with Gasteiger partial charge < -0.3 is 9.88 Å². The first-order valence-electron chi connectivity index (χ1n) is 9.68. The number of rotatable bonds is 4. The Kier molecular flexibility index (Phi) is 4.99. The molecule has 6 heteroatoms. The van der Waals surface area contributed by atoms with Crippen LogP contribution in [0.4, 0.5) is 9.18 Å². The first-order valence-corrected chi connectivity index (χ1v) is 9.68. The van der Waals surface area contributed by atoms with Gasteiger partial charge in [-0.15, -0.1) is 0 Å². The normalized spacial score (nSPS) is 15.2. The fraction of sp³-hybridized carbons (Fsp3) is 0.167. The van der Waals surface area contributed by atoms with E-state index < -0.39 is 11.9 Å². The average molecular weight is 403 g/mol. The summed E-state index contributed by atoms with van der Waals surface area (Å²) in [6.07, 6.45) is 1.71. The van der Waals surface area contributed by atoms with E-state index in [9.17, 15) is 14.0 Å². The third-order valence-corrected chi connectivity index (χ3v) is 5.28. The van der Waals surface area contributed by atoms with Gasteiger partial charge in [-0.2, -0.15) is 0 Å². The summed E-state index contributed by atoms with van der Waals surface area (Å²) < 4.78 is 15.2. The van der Waals surface area contributed by atoms with Gasteiger partial charge in [0.05, 0.1) is 6.54 Å². The fourth-order valence-corrected chi connectivity index (χ4v) is 3.67. The van der Waals surface area contributed by atoms with Gasteiger partial charge in [0, 0.05) is 17.1 Å². The summed E-state index contributed by atoms with van der Waals surface area (Å²) in [6, 6.07) is 15.5. The molecule has 3 amide bonds. The lowest BCUT2D eigenvalue weighted by atomic mass is 10.2. The summed E-state index contributed by atoms with van der Waals surface area (Å²) >= 11 is 0. The zero-order chi connectivity index (χ0) is 21.4. The molecule has 152 valence electrons. The van der Waals surface area contributed by atoms with Crippen LogP contribution in [0, 0.1) is 26.6 Å². The zero-order valence-electron chi connectivity index (χ0n) is 17.1. The monoisotopic (exact) mass is 403 g/mol. The summed E-state index contributed by atoms with van der Waals surface area (Å²) in [5.41, 5.74) is 6.00. The molecule has 0 bridgehead atoms. The van der Waals surface area contributed by atoms with Crippen LogP contribution in [0.3, 0.4) is 0 Å². The largest absolute Gasteiger partial charge is 0.329 e. The van der Waals surface area contributed by atoms with Gasteiger partial charge in [-0.05, 0) is 68.3 Å². The molecular formula is C24H22FN3O2. The van der Waals surface area contributed by atoms with Crippen LogP contribution in [-0.4, -0.2) is 21.4 Å². The zero-order valence-corrected chi connectivity index (χ0v) is 17.1. The number of halogens is 1. The number of amides is 3. The molecule has 1 aromatic heterocycles. The summed E-state index contributed by atoms with van der Waals surface area (Å²) in [4.78, 5) is 26.3. The minimum absolute atomic E-state index is 0.0880. The van der Waals surface area contributed by atoms with Crippen LogP contribution in [0.5, 0.6) is 0 Å². The van der Waals surface area contributed by atoms with Gasteiger partial charge in [-0.3, -0.25) is 9.69 Å². The van der Waals surface area contributed by atoms with E-state index in [1.165, 1.54) is 17.7 Å². The third-order valence-electron chi connectivity index (χ3n) is 5.28. The van der Waals surface area contributed by atoms with Crippen LogP contribution in [-0.2, 0) is 11.3 Å². The second-order valence-electron chi connectivity index (χ2n) is 7.50. The molecule has 5 nitrogen and oxygen atoms in total. The predicted octanol–water partition coefficient (Wildman–Crippen LogP) is 4.63. The van der Waals surface area contributed by atoms with Crippen molar-refractivity contribution in [2.75, 3.05) is 0 Å². The predicted molar refractivity (Wildman–Crippen MR) is 113 cm³/mol. The number of benzene rings is 2. The molecule has 0 unspecified atom stereocenters. The Morgan fingerprint density at radius 2 is 1.63 bits per heavy atom. The van der Waals surface area contributed by atoms with Crippen molar-refractivity contribution < 1.29 is 14.0 Å². The van der Waals surface area contributed by atoms with E-state index >= 15 is 0 Å². The lowest BCUT2D eigenvalue weighted by Gasteiger charge is -2.11. The van der Waals surface area contributed by atoms with E-state index in [1.807, 2.05) is 26.8 Å². The molecule has 1 saturated heterocycles. The first-order chi connectivity index (χ1) is 14.3. The fourth-order valence-electron chi connectivity index (χ4n) is 3.67. The molecule has 0 radical (unpaired) electrons.